The van der Waals surface area contributed by atoms with Gasteiger partial charge in [0.05, 0.1) is 24.2 Å². The molecule has 0 amide bonds. The van der Waals surface area contributed by atoms with E-state index in [4.69, 9.17) is 10.5 Å². The molecule has 82 valence electrons. The van der Waals surface area contributed by atoms with E-state index in [-0.39, 0.29) is 0 Å². The number of rotatable bonds is 2. The van der Waals surface area contributed by atoms with Crippen LogP contribution in [-0.2, 0) is 4.74 Å². The topological polar surface area (TPSA) is 61.0 Å². The van der Waals surface area contributed by atoms with Crippen LogP contribution in [0, 0.1) is 0 Å². The molecule has 1 heterocycles. The molecule has 0 saturated heterocycles. The predicted molar refractivity (Wildman–Crippen MR) is 58.5 cm³/mol. The number of nitrogen functional groups attached to an aromatic ring is 1. The molecule has 1 aliphatic carbocycles. The monoisotopic (exact) mass is 207 g/mol. The zero-order valence-corrected chi connectivity index (χ0v) is 9.02. The van der Waals surface area contributed by atoms with Crippen molar-refractivity contribution < 1.29 is 4.74 Å². The van der Waals surface area contributed by atoms with E-state index in [1.807, 2.05) is 0 Å². The third kappa shape index (κ3) is 2.45. The zero-order chi connectivity index (χ0) is 10.7. The molecule has 0 spiro atoms. The number of methoxy groups -OCH3 is 1. The van der Waals surface area contributed by atoms with Crippen LogP contribution in [0.2, 0.25) is 0 Å². The second kappa shape index (κ2) is 4.57. The Balaban J connectivity index is 1.98. The van der Waals surface area contributed by atoms with Gasteiger partial charge in [-0.1, -0.05) is 0 Å². The molecule has 0 bridgehead atoms. The highest BCUT2D eigenvalue weighted by molar-refractivity contribution is 5.23. The quantitative estimate of drug-likeness (QED) is 0.802. The van der Waals surface area contributed by atoms with Crippen molar-refractivity contribution in [2.75, 3.05) is 12.8 Å². The average Bonchev–Trinajstić information content (AvgIpc) is 2.30. The first-order valence-electron chi connectivity index (χ1n) is 5.40. The molecule has 4 heteroatoms. The van der Waals surface area contributed by atoms with Crippen LogP contribution in [0.5, 0.6) is 0 Å². The second-order valence-corrected chi connectivity index (χ2v) is 4.08. The maximum atomic E-state index is 5.51. The fraction of sp³-hybridized carbons (Fsp3) is 0.636. The van der Waals surface area contributed by atoms with Crippen molar-refractivity contribution in [3.63, 3.8) is 0 Å². The molecule has 0 aliphatic heterocycles. The SMILES string of the molecule is CO[C@H]1CC[C@H](c2cnc(N)cn2)CC1. The summed E-state index contributed by atoms with van der Waals surface area (Å²) in [6, 6.07) is 0. The highest BCUT2D eigenvalue weighted by atomic mass is 16.5. The summed E-state index contributed by atoms with van der Waals surface area (Å²) in [6.45, 7) is 0. The van der Waals surface area contributed by atoms with Gasteiger partial charge >= 0.3 is 0 Å². The Kier molecular flexibility index (Phi) is 3.16. The van der Waals surface area contributed by atoms with Crippen molar-refractivity contribution in [3.8, 4) is 0 Å². The minimum Gasteiger partial charge on any atom is -0.382 e. The molecule has 1 fully saturated rings. The van der Waals surface area contributed by atoms with Crippen molar-refractivity contribution >= 4 is 5.82 Å². The molecule has 0 atom stereocenters. The van der Waals surface area contributed by atoms with Gasteiger partial charge in [-0.3, -0.25) is 4.98 Å². The van der Waals surface area contributed by atoms with Gasteiger partial charge in [0.15, 0.2) is 0 Å². The van der Waals surface area contributed by atoms with E-state index >= 15 is 0 Å². The van der Waals surface area contributed by atoms with Crippen LogP contribution in [0.25, 0.3) is 0 Å². The standard InChI is InChI=1S/C11H17N3O/c1-15-9-4-2-8(3-5-9)10-6-14-11(12)7-13-10/h6-9H,2-5H2,1H3,(H2,12,14)/t8-,9-. The summed E-state index contributed by atoms with van der Waals surface area (Å²) < 4.78 is 5.34. The normalized spacial score (nSPS) is 26.5. The van der Waals surface area contributed by atoms with Crippen molar-refractivity contribution in [3.05, 3.63) is 18.1 Å². The van der Waals surface area contributed by atoms with E-state index < -0.39 is 0 Å². The number of hydrogen-bond acceptors (Lipinski definition) is 4. The van der Waals surface area contributed by atoms with E-state index in [1.54, 1.807) is 19.5 Å². The van der Waals surface area contributed by atoms with Gasteiger partial charge in [0, 0.05) is 13.0 Å². The molecule has 4 nitrogen and oxygen atoms in total. The Labute approximate surface area is 89.9 Å². The summed E-state index contributed by atoms with van der Waals surface area (Å²) in [5.41, 5.74) is 6.57. The van der Waals surface area contributed by atoms with Crippen LogP contribution in [0.4, 0.5) is 5.82 Å². The van der Waals surface area contributed by atoms with Crippen LogP contribution in [-0.4, -0.2) is 23.2 Å². The molecule has 2 N–H and O–H groups in total. The average molecular weight is 207 g/mol. The molecule has 1 aromatic rings. The van der Waals surface area contributed by atoms with Crippen LogP contribution < -0.4 is 5.73 Å². The van der Waals surface area contributed by atoms with Crippen LogP contribution in [0.15, 0.2) is 12.4 Å². The summed E-state index contributed by atoms with van der Waals surface area (Å²) in [5.74, 6) is 1.02. The minimum atomic E-state index is 0.433. The molecular formula is C11H17N3O. The molecule has 0 unspecified atom stereocenters. The molecule has 0 aromatic carbocycles. The highest BCUT2D eigenvalue weighted by Crippen LogP contribution is 2.32. The summed E-state index contributed by atoms with van der Waals surface area (Å²) in [6.07, 6.45) is 8.38. The van der Waals surface area contributed by atoms with Gasteiger partial charge in [-0.25, -0.2) is 4.98 Å². The van der Waals surface area contributed by atoms with E-state index in [9.17, 15) is 0 Å². The van der Waals surface area contributed by atoms with E-state index in [1.165, 1.54) is 0 Å². The van der Waals surface area contributed by atoms with E-state index in [2.05, 4.69) is 9.97 Å². The number of nitrogens with two attached hydrogens (primary N) is 1. The largest absolute Gasteiger partial charge is 0.382 e. The van der Waals surface area contributed by atoms with Crippen molar-refractivity contribution in [2.24, 2.45) is 0 Å². The van der Waals surface area contributed by atoms with Gasteiger partial charge in [-0.2, -0.15) is 0 Å². The summed E-state index contributed by atoms with van der Waals surface area (Å²) in [4.78, 5) is 8.40. The van der Waals surface area contributed by atoms with E-state index in [0.717, 1.165) is 31.4 Å². The lowest BCUT2D eigenvalue weighted by molar-refractivity contribution is 0.0655. The van der Waals surface area contributed by atoms with Crippen LogP contribution in [0.1, 0.15) is 37.3 Å². The third-order valence-corrected chi connectivity index (χ3v) is 3.12. The van der Waals surface area contributed by atoms with Gasteiger partial charge in [0.25, 0.3) is 0 Å². The van der Waals surface area contributed by atoms with Crippen LogP contribution in [0.3, 0.4) is 0 Å². The number of nitrogens with zero attached hydrogens (tertiary/aromatic N) is 2. The smallest absolute Gasteiger partial charge is 0.141 e. The highest BCUT2D eigenvalue weighted by Gasteiger charge is 2.22. The molecular weight excluding hydrogens is 190 g/mol. The number of anilines is 1. The second-order valence-electron chi connectivity index (χ2n) is 4.08. The van der Waals surface area contributed by atoms with Crippen molar-refractivity contribution in [1.29, 1.82) is 0 Å². The predicted octanol–water partition coefficient (Wildman–Crippen LogP) is 1.73. The first kappa shape index (κ1) is 10.4. The third-order valence-electron chi connectivity index (χ3n) is 3.12. The number of aromatic nitrogens is 2. The van der Waals surface area contributed by atoms with E-state index in [0.29, 0.717) is 17.8 Å². The Bertz CT molecular complexity index is 304. The fourth-order valence-corrected chi connectivity index (χ4v) is 2.15. The van der Waals surface area contributed by atoms with Crippen molar-refractivity contribution in [2.45, 2.75) is 37.7 Å². The molecule has 15 heavy (non-hydrogen) atoms. The summed E-state index contributed by atoms with van der Waals surface area (Å²) in [7, 11) is 1.79. The maximum Gasteiger partial charge on any atom is 0.141 e. The molecule has 0 radical (unpaired) electrons. The Morgan fingerprint density at radius 3 is 2.47 bits per heavy atom. The summed E-state index contributed by atoms with van der Waals surface area (Å²) >= 11 is 0. The lowest BCUT2D eigenvalue weighted by atomic mass is 9.85. The van der Waals surface area contributed by atoms with Gasteiger partial charge < -0.3 is 10.5 Å². The maximum absolute atomic E-state index is 5.51. The lowest BCUT2D eigenvalue weighted by Crippen LogP contribution is -2.20. The Morgan fingerprint density at radius 2 is 1.93 bits per heavy atom. The molecule has 2 rings (SSSR count). The first-order valence-corrected chi connectivity index (χ1v) is 5.40. The molecule has 1 aliphatic rings. The van der Waals surface area contributed by atoms with Gasteiger partial charge in [-0.15, -0.1) is 0 Å². The first-order chi connectivity index (χ1) is 7.29. The Hall–Kier alpha value is -1.16. The number of hydrogen-bond donors (Lipinski definition) is 1. The lowest BCUT2D eigenvalue weighted by Gasteiger charge is -2.26. The zero-order valence-electron chi connectivity index (χ0n) is 9.02. The van der Waals surface area contributed by atoms with Gasteiger partial charge in [0.1, 0.15) is 5.82 Å². The molecule has 1 aromatic heterocycles. The minimum absolute atomic E-state index is 0.433. The molecule has 1 saturated carbocycles. The Morgan fingerprint density at radius 1 is 1.20 bits per heavy atom. The summed E-state index contributed by atoms with van der Waals surface area (Å²) in [5, 5.41) is 0. The van der Waals surface area contributed by atoms with Gasteiger partial charge in [-0.05, 0) is 25.7 Å². The fourth-order valence-electron chi connectivity index (χ4n) is 2.15. The number of ether oxygens (including phenoxy) is 1. The van der Waals surface area contributed by atoms with Crippen LogP contribution >= 0.6 is 0 Å². The van der Waals surface area contributed by atoms with Gasteiger partial charge in [0.2, 0.25) is 0 Å². The van der Waals surface area contributed by atoms with Crippen molar-refractivity contribution in [1.82, 2.24) is 9.97 Å².